The van der Waals surface area contributed by atoms with E-state index in [-0.39, 0.29) is 17.3 Å². The highest BCUT2D eigenvalue weighted by Gasteiger charge is 2.10. The number of fused-ring (bicyclic) bond motifs is 1. The van der Waals surface area contributed by atoms with Crippen LogP contribution in [0.3, 0.4) is 0 Å². The van der Waals surface area contributed by atoms with Crippen molar-refractivity contribution in [1.29, 1.82) is 0 Å². The second-order valence-corrected chi connectivity index (χ2v) is 4.21. The summed E-state index contributed by atoms with van der Waals surface area (Å²) in [6, 6.07) is 6.10. The Morgan fingerprint density at radius 1 is 1.35 bits per heavy atom. The van der Waals surface area contributed by atoms with Crippen molar-refractivity contribution < 1.29 is 9.21 Å². The van der Waals surface area contributed by atoms with Crippen LogP contribution >= 0.6 is 0 Å². The minimum Gasteiger partial charge on any atom is -0.443 e. The quantitative estimate of drug-likeness (QED) is 0.734. The number of hydrogen-bond donors (Lipinski definition) is 2. The minimum atomic E-state index is -0.368. The van der Waals surface area contributed by atoms with Crippen LogP contribution in [0, 0.1) is 6.92 Å². The third-order valence-electron chi connectivity index (χ3n) is 2.69. The molecule has 2 heterocycles. The van der Waals surface area contributed by atoms with Gasteiger partial charge in [0.05, 0.1) is 0 Å². The first kappa shape index (κ1) is 12.1. The monoisotopic (exact) mass is 270 g/mol. The Kier molecular flexibility index (Phi) is 2.79. The van der Waals surface area contributed by atoms with Gasteiger partial charge in [0.1, 0.15) is 17.2 Å². The Bertz CT molecular complexity index is 850. The largest absolute Gasteiger partial charge is 0.443 e. The lowest BCUT2D eigenvalue weighted by Gasteiger charge is -2.04. The Balaban J connectivity index is 1.90. The molecule has 7 nitrogen and oxygen atoms in total. The summed E-state index contributed by atoms with van der Waals surface area (Å²) in [5, 5.41) is 2.57. The Labute approximate surface area is 112 Å². The van der Waals surface area contributed by atoms with Crippen molar-refractivity contribution in [3.63, 3.8) is 0 Å². The molecule has 1 amide bonds. The molecule has 100 valence electrons. The predicted octanol–water partition coefficient (Wildman–Crippen LogP) is 1.47. The van der Waals surface area contributed by atoms with Crippen LogP contribution in [0.2, 0.25) is 0 Å². The molecule has 3 aromatic rings. The summed E-state index contributed by atoms with van der Waals surface area (Å²) in [5.41, 5.74) is 1.28. The second kappa shape index (κ2) is 4.61. The Morgan fingerprint density at radius 2 is 2.20 bits per heavy atom. The van der Waals surface area contributed by atoms with Crippen molar-refractivity contribution in [2.75, 3.05) is 5.32 Å². The summed E-state index contributed by atoms with van der Waals surface area (Å²) >= 11 is 0. The molecule has 2 aromatic heterocycles. The summed E-state index contributed by atoms with van der Waals surface area (Å²) < 4.78 is 5.10. The van der Waals surface area contributed by atoms with E-state index in [2.05, 4.69) is 20.3 Å². The normalized spacial score (nSPS) is 10.7. The van der Waals surface area contributed by atoms with E-state index in [0.29, 0.717) is 22.5 Å². The fourth-order valence-electron chi connectivity index (χ4n) is 1.83. The minimum absolute atomic E-state index is 0.205. The van der Waals surface area contributed by atoms with Crippen molar-refractivity contribution in [3.05, 3.63) is 52.4 Å². The van der Waals surface area contributed by atoms with Crippen LogP contribution in [0.15, 0.2) is 39.9 Å². The van der Waals surface area contributed by atoms with Crippen LogP contribution < -0.4 is 10.9 Å². The number of hydrogen-bond acceptors (Lipinski definition) is 5. The van der Waals surface area contributed by atoms with E-state index >= 15 is 0 Å². The van der Waals surface area contributed by atoms with Gasteiger partial charge in [0.2, 0.25) is 0 Å². The average Bonchev–Trinajstić information content (AvgIpc) is 2.84. The number of aromatic nitrogens is 3. The third-order valence-corrected chi connectivity index (χ3v) is 2.69. The summed E-state index contributed by atoms with van der Waals surface area (Å²) in [4.78, 5) is 33.9. The zero-order valence-corrected chi connectivity index (χ0v) is 10.5. The third kappa shape index (κ3) is 2.28. The predicted molar refractivity (Wildman–Crippen MR) is 71.6 cm³/mol. The zero-order chi connectivity index (χ0) is 14.1. The van der Waals surface area contributed by atoms with Crippen LogP contribution in [0.4, 0.5) is 5.82 Å². The number of carbonyl (C=O) groups excluding carboxylic acids is 1. The molecule has 2 N–H and O–H groups in total. The van der Waals surface area contributed by atoms with Gasteiger partial charge in [0.25, 0.3) is 11.5 Å². The van der Waals surface area contributed by atoms with Gasteiger partial charge in [-0.25, -0.2) is 9.97 Å². The maximum absolute atomic E-state index is 12.1. The molecular formula is C13H10N4O3. The number of aromatic amines is 1. The first-order valence-electron chi connectivity index (χ1n) is 5.84. The fourth-order valence-corrected chi connectivity index (χ4v) is 1.83. The van der Waals surface area contributed by atoms with Gasteiger partial charge in [-0.1, -0.05) is 0 Å². The first-order chi connectivity index (χ1) is 9.61. The molecule has 0 aliphatic heterocycles. The molecule has 0 aliphatic rings. The maximum atomic E-state index is 12.1. The molecule has 0 unspecified atom stereocenters. The summed E-state index contributed by atoms with van der Waals surface area (Å²) in [7, 11) is 0. The molecule has 0 saturated carbocycles. The Hall–Kier alpha value is -2.96. The summed E-state index contributed by atoms with van der Waals surface area (Å²) in [6.07, 6.45) is 1.31. The van der Waals surface area contributed by atoms with E-state index in [1.165, 1.54) is 12.5 Å². The highest BCUT2D eigenvalue weighted by Crippen LogP contribution is 2.15. The van der Waals surface area contributed by atoms with Gasteiger partial charge in [-0.2, -0.15) is 0 Å². The number of anilines is 1. The summed E-state index contributed by atoms with van der Waals surface area (Å²) in [6.45, 7) is 1.64. The fraction of sp³-hybridized carbons (Fsp3) is 0.0769. The lowest BCUT2D eigenvalue weighted by Crippen LogP contribution is -2.17. The smallest absolute Gasteiger partial charge is 0.256 e. The number of amides is 1. The molecule has 0 saturated heterocycles. The number of oxazole rings is 1. The highest BCUT2D eigenvalue weighted by molar-refractivity contribution is 6.05. The van der Waals surface area contributed by atoms with Crippen molar-refractivity contribution >= 4 is 22.8 Å². The van der Waals surface area contributed by atoms with E-state index in [1.807, 2.05) is 0 Å². The average molecular weight is 270 g/mol. The molecule has 0 atom stereocenters. The standard InChI is InChI=1S/C13H10N4O3/c1-7-15-11(5-12(18)16-7)17-13(19)8-2-3-10-9(4-8)14-6-20-10/h2-6H,1H3,(H2,15,16,17,18,19). The van der Waals surface area contributed by atoms with Crippen molar-refractivity contribution in [2.24, 2.45) is 0 Å². The van der Waals surface area contributed by atoms with E-state index in [4.69, 9.17) is 4.42 Å². The number of rotatable bonds is 2. The van der Waals surface area contributed by atoms with Crippen molar-refractivity contribution in [1.82, 2.24) is 15.0 Å². The number of nitrogens with one attached hydrogen (secondary N) is 2. The van der Waals surface area contributed by atoms with Gasteiger partial charge >= 0.3 is 0 Å². The van der Waals surface area contributed by atoms with E-state index in [1.54, 1.807) is 25.1 Å². The van der Waals surface area contributed by atoms with Gasteiger partial charge in [0.15, 0.2) is 12.0 Å². The van der Waals surface area contributed by atoms with Crippen LogP contribution in [-0.4, -0.2) is 20.9 Å². The van der Waals surface area contributed by atoms with E-state index in [0.717, 1.165) is 0 Å². The van der Waals surface area contributed by atoms with Gasteiger partial charge in [-0.15, -0.1) is 0 Å². The maximum Gasteiger partial charge on any atom is 0.256 e. The molecule has 0 radical (unpaired) electrons. The van der Waals surface area contributed by atoms with Gasteiger partial charge in [-0.3, -0.25) is 9.59 Å². The van der Waals surface area contributed by atoms with E-state index < -0.39 is 0 Å². The SMILES string of the molecule is Cc1nc(NC(=O)c2ccc3ocnc3c2)cc(=O)[nH]1. The molecule has 3 rings (SSSR count). The van der Waals surface area contributed by atoms with E-state index in [9.17, 15) is 9.59 Å². The van der Waals surface area contributed by atoms with Crippen LogP contribution in [0.5, 0.6) is 0 Å². The number of benzene rings is 1. The van der Waals surface area contributed by atoms with Crippen LogP contribution in [0.25, 0.3) is 11.1 Å². The van der Waals surface area contributed by atoms with Crippen molar-refractivity contribution in [2.45, 2.75) is 6.92 Å². The second-order valence-electron chi connectivity index (χ2n) is 4.21. The molecule has 1 aromatic carbocycles. The molecule has 0 bridgehead atoms. The van der Waals surface area contributed by atoms with Crippen LogP contribution in [-0.2, 0) is 0 Å². The van der Waals surface area contributed by atoms with Gasteiger partial charge < -0.3 is 14.7 Å². The van der Waals surface area contributed by atoms with Crippen LogP contribution in [0.1, 0.15) is 16.2 Å². The highest BCUT2D eigenvalue weighted by atomic mass is 16.3. The van der Waals surface area contributed by atoms with Crippen molar-refractivity contribution in [3.8, 4) is 0 Å². The van der Waals surface area contributed by atoms with Gasteiger partial charge in [-0.05, 0) is 25.1 Å². The summed E-state index contributed by atoms with van der Waals surface area (Å²) in [5.74, 6) is 0.267. The number of H-pyrrole nitrogens is 1. The lowest BCUT2D eigenvalue weighted by molar-refractivity contribution is 0.102. The van der Waals surface area contributed by atoms with Gasteiger partial charge in [0, 0.05) is 11.6 Å². The number of aryl methyl sites for hydroxylation is 1. The number of carbonyl (C=O) groups is 1. The lowest BCUT2D eigenvalue weighted by atomic mass is 10.2. The first-order valence-corrected chi connectivity index (χ1v) is 5.84. The molecule has 0 spiro atoms. The molecule has 0 aliphatic carbocycles. The topological polar surface area (TPSA) is 101 Å². The Morgan fingerprint density at radius 3 is 3.00 bits per heavy atom. The molecular weight excluding hydrogens is 260 g/mol. The molecule has 20 heavy (non-hydrogen) atoms. The number of nitrogens with zero attached hydrogens (tertiary/aromatic N) is 2. The molecule has 0 fully saturated rings. The molecule has 7 heteroatoms. The zero-order valence-electron chi connectivity index (χ0n) is 10.5.